The molecule has 3 rings (SSSR count). The van der Waals surface area contributed by atoms with E-state index in [1.165, 1.54) is 18.7 Å². The fourth-order valence-electron chi connectivity index (χ4n) is 2.31. The van der Waals surface area contributed by atoms with Gasteiger partial charge in [-0.2, -0.15) is 5.10 Å². The number of aromatic hydroxyl groups is 1. The monoisotopic (exact) mass is 352 g/mol. The number of allylic oxidation sites excluding steroid dienone is 2. The highest BCUT2D eigenvalue weighted by Crippen LogP contribution is 2.32. The van der Waals surface area contributed by atoms with Gasteiger partial charge < -0.3 is 5.11 Å². The third kappa shape index (κ3) is 3.61. The van der Waals surface area contributed by atoms with Crippen molar-refractivity contribution in [3.05, 3.63) is 49.6 Å². The average molecular weight is 352 g/mol. The zero-order chi connectivity index (χ0) is 19.5. The predicted molar refractivity (Wildman–Crippen MR) is 103 cm³/mol. The maximum absolute atomic E-state index is 9.32. The minimum Gasteiger partial charge on any atom is -0.505 e. The molecule has 0 aromatic carbocycles. The van der Waals surface area contributed by atoms with Crippen LogP contribution in [0, 0.1) is 0 Å². The topological polar surface area (TPSA) is 89.6 Å². The lowest BCUT2D eigenvalue weighted by Gasteiger charge is -2.19. The molecule has 0 aliphatic carbocycles. The molecule has 7 nitrogen and oxygen atoms in total. The molecule has 0 spiro atoms. The molecule has 3 heterocycles. The van der Waals surface area contributed by atoms with E-state index in [0.29, 0.717) is 22.7 Å². The van der Waals surface area contributed by atoms with Gasteiger partial charge in [0.05, 0.1) is 23.3 Å². The van der Waals surface area contributed by atoms with Crippen LogP contribution in [0.5, 0.6) is 5.75 Å². The highest BCUT2D eigenvalue weighted by atomic mass is 16.3. The van der Waals surface area contributed by atoms with Gasteiger partial charge in [-0.15, -0.1) is 0 Å². The molecule has 3 aromatic rings. The molecule has 3 aromatic heterocycles. The fourth-order valence-corrected chi connectivity index (χ4v) is 2.31. The molecule has 0 atom stereocenters. The van der Waals surface area contributed by atoms with Gasteiger partial charge in [-0.05, 0) is 20.8 Å². The van der Waals surface area contributed by atoms with Crippen LogP contribution in [0.3, 0.4) is 0 Å². The second-order valence-electron chi connectivity index (χ2n) is 6.41. The van der Waals surface area contributed by atoms with Crippen LogP contribution in [0.4, 0.5) is 0 Å². The van der Waals surface area contributed by atoms with Crippen molar-refractivity contribution < 1.29 is 5.11 Å². The van der Waals surface area contributed by atoms with Crippen LogP contribution >= 0.6 is 0 Å². The minimum absolute atomic E-state index is 0.00646. The molecule has 1 N–H and O–H groups in total. The first kappa shape index (κ1) is 19.2. The third-order valence-electron chi connectivity index (χ3n) is 3.54. The Bertz CT molecular complexity index is 935. The Morgan fingerprint density at radius 3 is 2.19 bits per heavy atom. The lowest BCUT2D eigenvalue weighted by Crippen LogP contribution is -2.23. The quantitative estimate of drug-likeness (QED) is 0.721. The minimum atomic E-state index is -0.249. The van der Waals surface area contributed by atoms with Gasteiger partial charge in [0.25, 0.3) is 0 Å². The van der Waals surface area contributed by atoms with Gasteiger partial charge in [0, 0.05) is 17.3 Å². The van der Waals surface area contributed by atoms with Gasteiger partial charge in [0.2, 0.25) is 0 Å². The smallest absolute Gasteiger partial charge is 0.162 e. The molecular weight excluding hydrogens is 328 g/mol. The van der Waals surface area contributed by atoms with Crippen LogP contribution in [-0.4, -0.2) is 34.8 Å². The molecule has 0 unspecified atom stereocenters. The Morgan fingerprint density at radius 1 is 1.00 bits per heavy atom. The van der Waals surface area contributed by atoms with Gasteiger partial charge in [-0.25, -0.2) is 24.6 Å². The van der Waals surface area contributed by atoms with E-state index in [1.54, 1.807) is 6.20 Å². The first-order valence-electron chi connectivity index (χ1n) is 8.38. The second-order valence-corrected chi connectivity index (χ2v) is 6.41. The number of aromatic nitrogens is 6. The van der Waals surface area contributed by atoms with Crippen molar-refractivity contribution in [2.75, 3.05) is 0 Å². The first-order valence-corrected chi connectivity index (χ1v) is 8.38. The van der Waals surface area contributed by atoms with Crippen molar-refractivity contribution in [3.63, 3.8) is 0 Å². The summed E-state index contributed by atoms with van der Waals surface area (Å²) in [5, 5.41) is 14.8. The summed E-state index contributed by atoms with van der Waals surface area (Å²) in [5.74, 6) is 0.376. The second kappa shape index (κ2) is 7.43. The predicted octanol–water partition coefficient (Wildman–Crippen LogP) is 3.83. The van der Waals surface area contributed by atoms with Crippen LogP contribution in [-0.2, 0) is 5.54 Å². The molecule has 0 aliphatic heterocycles. The molecule has 136 valence electrons. The highest BCUT2D eigenvalue weighted by Gasteiger charge is 2.23. The van der Waals surface area contributed by atoms with E-state index < -0.39 is 0 Å². The van der Waals surface area contributed by atoms with Gasteiger partial charge in [0.15, 0.2) is 17.2 Å². The molecule has 0 bridgehead atoms. The third-order valence-corrected chi connectivity index (χ3v) is 3.54. The van der Waals surface area contributed by atoms with Crippen LogP contribution in [0.15, 0.2) is 38.1 Å². The van der Waals surface area contributed by atoms with E-state index in [0.717, 1.165) is 11.0 Å². The molecule has 26 heavy (non-hydrogen) atoms. The zero-order valence-corrected chi connectivity index (χ0v) is 15.9. The summed E-state index contributed by atoms with van der Waals surface area (Å²) >= 11 is 0. The Morgan fingerprint density at radius 2 is 1.62 bits per heavy atom. The summed E-state index contributed by atoms with van der Waals surface area (Å²) in [5.41, 5.74) is 2.24. The molecule has 0 radical (unpaired) electrons. The van der Waals surface area contributed by atoms with Crippen molar-refractivity contribution in [2.24, 2.45) is 0 Å². The van der Waals surface area contributed by atoms with Crippen molar-refractivity contribution in [3.8, 4) is 5.75 Å². The van der Waals surface area contributed by atoms with E-state index in [2.05, 4.69) is 38.2 Å². The van der Waals surface area contributed by atoms with E-state index >= 15 is 0 Å². The Labute approximate surface area is 153 Å². The number of nitrogens with zero attached hydrogens (tertiary/aromatic N) is 6. The fraction of sp³-hybridized carbons (Fsp3) is 0.316. The van der Waals surface area contributed by atoms with Crippen molar-refractivity contribution in [2.45, 2.75) is 40.2 Å². The highest BCUT2D eigenvalue weighted by molar-refractivity contribution is 6.06. The van der Waals surface area contributed by atoms with Crippen LogP contribution in [0.25, 0.3) is 22.2 Å². The summed E-state index contributed by atoms with van der Waals surface area (Å²) in [6.45, 7) is 18.3. The zero-order valence-electron chi connectivity index (χ0n) is 15.9. The Hall–Kier alpha value is -3.09. The largest absolute Gasteiger partial charge is 0.505 e. The van der Waals surface area contributed by atoms with Crippen molar-refractivity contribution in [1.29, 1.82) is 0 Å². The summed E-state index contributed by atoms with van der Waals surface area (Å²) in [6, 6.07) is 0. The maximum atomic E-state index is 9.32. The lowest BCUT2D eigenvalue weighted by atomic mass is 10.0. The Balaban J connectivity index is 0.00000117. The van der Waals surface area contributed by atoms with Gasteiger partial charge in [0.1, 0.15) is 12.0 Å². The molecule has 0 saturated heterocycles. The summed E-state index contributed by atoms with van der Waals surface area (Å²) in [7, 11) is 0. The van der Waals surface area contributed by atoms with Crippen molar-refractivity contribution in [1.82, 2.24) is 29.7 Å². The number of rotatable bonds is 3. The number of hydrogen-bond donors (Lipinski definition) is 1. The SMILES string of the molecule is C=C(C(=C)c1nn(C(C)(C)C)c2ncncc12)c1ncc(O)cn1.CC. The van der Waals surface area contributed by atoms with E-state index in [-0.39, 0.29) is 11.3 Å². The normalized spacial score (nSPS) is 11.0. The van der Waals surface area contributed by atoms with Gasteiger partial charge >= 0.3 is 0 Å². The molecule has 0 aliphatic rings. The van der Waals surface area contributed by atoms with Gasteiger partial charge in [-0.3, -0.25) is 0 Å². The molecule has 7 heteroatoms. The number of hydrogen-bond acceptors (Lipinski definition) is 6. The first-order chi connectivity index (χ1) is 12.3. The summed E-state index contributed by atoms with van der Waals surface area (Å²) in [6.07, 6.45) is 5.84. The van der Waals surface area contributed by atoms with Crippen LogP contribution in [0.2, 0.25) is 0 Å². The van der Waals surface area contributed by atoms with E-state index in [1.807, 2.05) is 39.3 Å². The van der Waals surface area contributed by atoms with E-state index in [9.17, 15) is 5.11 Å². The number of fused-ring (bicyclic) bond motifs is 1. The molecule has 0 saturated carbocycles. The van der Waals surface area contributed by atoms with Crippen LogP contribution in [0.1, 0.15) is 46.1 Å². The van der Waals surface area contributed by atoms with Gasteiger partial charge in [-0.1, -0.05) is 27.0 Å². The van der Waals surface area contributed by atoms with Crippen LogP contribution < -0.4 is 0 Å². The maximum Gasteiger partial charge on any atom is 0.162 e. The summed E-state index contributed by atoms with van der Waals surface area (Å²) < 4.78 is 1.84. The molecule has 0 fully saturated rings. The van der Waals surface area contributed by atoms with E-state index in [4.69, 9.17) is 0 Å². The standard InChI is InChI=1S/C17H18N6O.C2H6/c1-10(11(2)15-19-6-12(24)7-20-15)14-13-8-18-9-21-16(13)23(22-14)17(3,4)5;1-2/h6-9,24H,1-2H2,3-5H3;1-2H3. The molecular formula is C19H24N6O. The average Bonchev–Trinajstić information content (AvgIpc) is 3.03. The summed E-state index contributed by atoms with van der Waals surface area (Å²) in [4.78, 5) is 16.6. The molecule has 0 amide bonds. The Kier molecular flexibility index (Phi) is 5.50. The van der Waals surface area contributed by atoms with Crippen molar-refractivity contribution >= 4 is 22.2 Å². The lowest BCUT2D eigenvalue weighted by molar-refractivity contribution is 0.365.